The molecule has 2 aromatic rings. The van der Waals surface area contributed by atoms with E-state index in [1.165, 1.54) is 18.2 Å². The number of anilines is 1. The fourth-order valence-corrected chi connectivity index (χ4v) is 2.63. The number of nitrogens with zero attached hydrogens (tertiary/aromatic N) is 1. The third kappa shape index (κ3) is 3.26. The SMILES string of the molecule is Cc1cc(C)c(NC(=O)c2ccc([N+](=O)[O-])c(C)c2)c(Cl)c1. The molecule has 0 spiro atoms. The highest BCUT2D eigenvalue weighted by atomic mass is 35.5. The molecule has 0 bridgehead atoms. The molecule has 0 radical (unpaired) electrons. The number of carbonyl (C=O) groups excluding carboxylic acids is 1. The summed E-state index contributed by atoms with van der Waals surface area (Å²) < 4.78 is 0. The Bertz CT molecular complexity index is 749. The number of amides is 1. The molecule has 22 heavy (non-hydrogen) atoms. The Labute approximate surface area is 133 Å². The van der Waals surface area contributed by atoms with Crippen molar-refractivity contribution in [2.45, 2.75) is 20.8 Å². The minimum atomic E-state index is -0.474. The molecule has 0 saturated heterocycles. The number of nitrogens with one attached hydrogen (secondary N) is 1. The van der Waals surface area contributed by atoms with Crippen LogP contribution in [0.4, 0.5) is 11.4 Å². The van der Waals surface area contributed by atoms with E-state index in [2.05, 4.69) is 5.32 Å². The second-order valence-electron chi connectivity index (χ2n) is 5.15. The van der Waals surface area contributed by atoms with Crippen LogP contribution in [0, 0.1) is 30.9 Å². The first-order valence-electron chi connectivity index (χ1n) is 6.62. The molecule has 0 unspecified atom stereocenters. The summed E-state index contributed by atoms with van der Waals surface area (Å²) in [4.78, 5) is 22.6. The molecule has 0 saturated carbocycles. The van der Waals surface area contributed by atoms with Crippen molar-refractivity contribution < 1.29 is 9.72 Å². The molecule has 5 nitrogen and oxygen atoms in total. The van der Waals surface area contributed by atoms with Crippen LogP contribution in [0.15, 0.2) is 30.3 Å². The smallest absolute Gasteiger partial charge is 0.272 e. The van der Waals surface area contributed by atoms with Crippen LogP contribution in [0.5, 0.6) is 0 Å². The summed E-state index contributed by atoms with van der Waals surface area (Å²) in [5.41, 5.74) is 3.18. The molecule has 0 fully saturated rings. The van der Waals surface area contributed by atoms with Gasteiger partial charge in [-0.1, -0.05) is 17.7 Å². The van der Waals surface area contributed by atoms with E-state index >= 15 is 0 Å². The molecule has 114 valence electrons. The maximum atomic E-state index is 12.3. The highest BCUT2D eigenvalue weighted by Crippen LogP contribution is 2.28. The second-order valence-corrected chi connectivity index (χ2v) is 5.56. The van der Waals surface area contributed by atoms with Gasteiger partial charge in [-0.2, -0.15) is 0 Å². The summed E-state index contributed by atoms with van der Waals surface area (Å²) in [6.07, 6.45) is 0. The fourth-order valence-electron chi connectivity index (χ4n) is 2.26. The van der Waals surface area contributed by atoms with Gasteiger partial charge in [0, 0.05) is 17.2 Å². The van der Waals surface area contributed by atoms with Gasteiger partial charge in [0.15, 0.2) is 0 Å². The number of hydrogen-bond donors (Lipinski definition) is 1. The number of hydrogen-bond acceptors (Lipinski definition) is 3. The Morgan fingerprint density at radius 1 is 1.14 bits per heavy atom. The zero-order chi connectivity index (χ0) is 16.4. The molecule has 0 atom stereocenters. The average molecular weight is 319 g/mol. The normalized spacial score (nSPS) is 10.4. The number of aryl methyl sites for hydroxylation is 3. The lowest BCUT2D eigenvalue weighted by atomic mass is 10.1. The van der Waals surface area contributed by atoms with Crippen molar-refractivity contribution in [1.29, 1.82) is 0 Å². The molecular weight excluding hydrogens is 304 g/mol. The third-order valence-corrected chi connectivity index (χ3v) is 3.62. The number of benzene rings is 2. The van der Waals surface area contributed by atoms with Crippen molar-refractivity contribution in [3.63, 3.8) is 0 Å². The van der Waals surface area contributed by atoms with Crippen LogP contribution in [0.1, 0.15) is 27.0 Å². The Morgan fingerprint density at radius 3 is 2.36 bits per heavy atom. The van der Waals surface area contributed by atoms with E-state index in [0.29, 0.717) is 21.8 Å². The van der Waals surface area contributed by atoms with Crippen molar-refractivity contribution in [2.75, 3.05) is 5.32 Å². The van der Waals surface area contributed by atoms with E-state index in [1.807, 2.05) is 19.9 Å². The van der Waals surface area contributed by atoms with Gasteiger partial charge in [-0.05, 0) is 50.1 Å². The van der Waals surface area contributed by atoms with Crippen molar-refractivity contribution in [2.24, 2.45) is 0 Å². The molecule has 0 aliphatic rings. The topological polar surface area (TPSA) is 72.2 Å². The Balaban J connectivity index is 2.30. The quantitative estimate of drug-likeness (QED) is 0.672. The summed E-state index contributed by atoms with van der Waals surface area (Å²) in [7, 11) is 0. The minimum Gasteiger partial charge on any atom is -0.320 e. The lowest BCUT2D eigenvalue weighted by Crippen LogP contribution is -2.13. The molecule has 0 aliphatic heterocycles. The molecule has 0 heterocycles. The van der Waals surface area contributed by atoms with Crippen molar-refractivity contribution in [3.05, 3.63) is 67.7 Å². The molecule has 2 rings (SSSR count). The summed E-state index contributed by atoms with van der Waals surface area (Å²) >= 11 is 6.16. The van der Waals surface area contributed by atoms with Gasteiger partial charge in [0.2, 0.25) is 0 Å². The highest BCUT2D eigenvalue weighted by Gasteiger charge is 2.15. The molecule has 6 heteroatoms. The Kier molecular flexibility index (Phi) is 4.47. The first kappa shape index (κ1) is 16.0. The predicted octanol–water partition coefficient (Wildman–Crippen LogP) is 4.43. The zero-order valence-electron chi connectivity index (χ0n) is 12.4. The van der Waals surface area contributed by atoms with Crippen molar-refractivity contribution in [3.8, 4) is 0 Å². The third-order valence-electron chi connectivity index (χ3n) is 3.33. The van der Waals surface area contributed by atoms with Crippen molar-refractivity contribution in [1.82, 2.24) is 0 Å². The predicted molar refractivity (Wildman–Crippen MR) is 86.7 cm³/mol. The van der Waals surface area contributed by atoms with Gasteiger partial charge in [0.1, 0.15) is 0 Å². The number of carbonyl (C=O) groups is 1. The first-order valence-corrected chi connectivity index (χ1v) is 7.00. The average Bonchev–Trinajstić information content (AvgIpc) is 2.41. The van der Waals surface area contributed by atoms with E-state index in [4.69, 9.17) is 11.6 Å². The Hall–Kier alpha value is -2.40. The van der Waals surface area contributed by atoms with Crippen LogP contribution in [0.25, 0.3) is 0 Å². The summed E-state index contributed by atoms with van der Waals surface area (Å²) in [5.74, 6) is -0.355. The maximum absolute atomic E-state index is 12.3. The lowest BCUT2D eigenvalue weighted by Gasteiger charge is -2.12. The van der Waals surface area contributed by atoms with E-state index in [0.717, 1.165) is 11.1 Å². The second kappa shape index (κ2) is 6.15. The van der Waals surface area contributed by atoms with E-state index in [1.54, 1.807) is 13.0 Å². The molecular formula is C16H15ClN2O3. The van der Waals surface area contributed by atoms with E-state index < -0.39 is 4.92 Å². The van der Waals surface area contributed by atoms with Crippen LogP contribution < -0.4 is 5.32 Å². The number of nitro benzene ring substituents is 1. The molecule has 0 aromatic heterocycles. The van der Waals surface area contributed by atoms with E-state index in [9.17, 15) is 14.9 Å². The standard InChI is InChI=1S/C16H15ClN2O3/c1-9-6-11(3)15(13(17)7-9)18-16(20)12-4-5-14(19(21)22)10(2)8-12/h4-8H,1-3H3,(H,18,20). The molecule has 1 amide bonds. The van der Waals surface area contributed by atoms with Gasteiger partial charge < -0.3 is 5.32 Å². The molecule has 1 N–H and O–H groups in total. The van der Waals surface area contributed by atoms with Crippen LogP contribution in [0.2, 0.25) is 5.02 Å². The lowest BCUT2D eigenvalue weighted by molar-refractivity contribution is -0.385. The van der Waals surface area contributed by atoms with Gasteiger partial charge in [-0.3, -0.25) is 14.9 Å². The minimum absolute atomic E-state index is 0.0129. The fraction of sp³-hybridized carbons (Fsp3) is 0.188. The number of nitro groups is 1. The van der Waals surface area contributed by atoms with Gasteiger partial charge in [0.05, 0.1) is 15.6 Å². The first-order chi connectivity index (χ1) is 10.3. The monoisotopic (exact) mass is 318 g/mol. The zero-order valence-corrected chi connectivity index (χ0v) is 13.2. The van der Waals surface area contributed by atoms with Gasteiger partial charge in [0.25, 0.3) is 11.6 Å². The van der Waals surface area contributed by atoms with Crippen LogP contribution >= 0.6 is 11.6 Å². The van der Waals surface area contributed by atoms with E-state index in [-0.39, 0.29) is 11.6 Å². The van der Waals surface area contributed by atoms with Crippen LogP contribution in [0.3, 0.4) is 0 Å². The summed E-state index contributed by atoms with van der Waals surface area (Å²) in [5, 5.41) is 14.0. The van der Waals surface area contributed by atoms with Crippen LogP contribution in [-0.4, -0.2) is 10.8 Å². The molecule has 0 aliphatic carbocycles. The maximum Gasteiger partial charge on any atom is 0.272 e. The number of rotatable bonds is 3. The van der Waals surface area contributed by atoms with Gasteiger partial charge in [-0.15, -0.1) is 0 Å². The molecule has 2 aromatic carbocycles. The van der Waals surface area contributed by atoms with Crippen LogP contribution in [-0.2, 0) is 0 Å². The van der Waals surface area contributed by atoms with Gasteiger partial charge >= 0.3 is 0 Å². The highest BCUT2D eigenvalue weighted by molar-refractivity contribution is 6.34. The number of halogens is 1. The van der Waals surface area contributed by atoms with Crippen molar-refractivity contribution >= 4 is 28.9 Å². The van der Waals surface area contributed by atoms with Gasteiger partial charge in [-0.25, -0.2) is 0 Å². The summed E-state index contributed by atoms with van der Waals surface area (Å²) in [6, 6.07) is 7.93. The summed E-state index contributed by atoms with van der Waals surface area (Å²) in [6.45, 7) is 5.37. The largest absolute Gasteiger partial charge is 0.320 e. The Morgan fingerprint density at radius 2 is 1.82 bits per heavy atom.